The predicted octanol–water partition coefficient (Wildman–Crippen LogP) is 1.34. The number of nitrogens with zero attached hydrogens (tertiary/aromatic N) is 3. The fraction of sp³-hybridized carbons (Fsp3) is 0.304. The second-order valence-electron chi connectivity index (χ2n) is 7.80. The second-order valence-corrected chi connectivity index (χ2v) is 7.80. The van der Waals surface area contributed by atoms with Gasteiger partial charge in [0, 0.05) is 29.9 Å². The molecule has 3 aromatic rings. The summed E-state index contributed by atoms with van der Waals surface area (Å²) in [5, 5.41) is 12.0. The maximum atomic E-state index is 13.3. The van der Waals surface area contributed by atoms with Crippen LogP contribution in [0.1, 0.15) is 18.5 Å². The van der Waals surface area contributed by atoms with Crippen LogP contribution in [0.15, 0.2) is 63.9 Å². The summed E-state index contributed by atoms with van der Waals surface area (Å²) in [5.74, 6) is -0.776. The molecule has 0 atom stereocenters. The number of methoxy groups -OCH3 is 1. The predicted molar refractivity (Wildman–Crippen MR) is 117 cm³/mol. The standard InChI is InChI=1S/C23H24N4O6/c1-32-19-9-5-8-18(12-19)25(15-22(29)30)14-21(28)26(16-10-11-16)13-20-23(31)33-24-27(20)17-6-3-2-4-7-17/h2-9,12,16H,10-11,13-15H2,1H3,(H-,24,29,30,31)/p+1. The zero-order valence-electron chi connectivity index (χ0n) is 18.1. The summed E-state index contributed by atoms with van der Waals surface area (Å²) in [6, 6.07) is 16.0. The number of hydrogen-bond donors (Lipinski definition) is 2. The Kier molecular flexibility index (Phi) is 6.43. The average molecular weight is 453 g/mol. The molecule has 4 rings (SSSR count). The third kappa shape index (κ3) is 5.22. The van der Waals surface area contributed by atoms with Gasteiger partial charge in [-0.25, -0.2) is 4.79 Å². The Morgan fingerprint density at radius 2 is 1.91 bits per heavy atom. The number of para-hydroxylation sites is 1. The van der Waals surface area contributed by atoms with E-state index in [1.807, 2.05) is 30.3 Å². The molecule has 10 nitrogen and oxygen atoms in total. The van der Waals surface area contributed by atoms with E-state index in [-0.39, 0.29) is 37.3 Å². The molecule has 0 aliphatic heterocycles. The number of aliphatic carboxylic acids is 1. The molecule has 1 fully saturated rings. The lowest BCUT2D eigenvalue weighted by Gasteiger charge is -2.27. The number of carboxylic acid groups (broad SMARTS) is 1. The van der Waals surface area contributed by atoms with Crippen LogP contribution in [0.25, 0.3) is 5.69 Å². The number of benzene rings is 2. The highest BCUT2D eigenvalue weighted by Crippen LogP contribution is 2.29. The van der Waals surface area contributed by atoms with E-state index in [9.17, 15) is 19.5 Å². The minimum Gasteiger partial charge on any atom is -0.497 e. The molecular weight excluding hydrogens is 428 g/mol. The van der Waals surface area contributed by atoms with E-state index < -0.39 is 11.6 Å². The van der Waals surface area contributed by atoms with Crippen molar-refractivity contribution in [3.8, 4) is 11.4 Å². The van der Waals surface area contributed by atoms with Crippen LogP contribution in [-0.4, -0.2) is 53.4 Å². The van der Waals surface area contributed by atoms with Gasteiger partial charge in [0.1, 0.15) is 18.8 Å². The van der Waals surface area contributed by atoms with E-state index >= 15 is 0 Å². The Hall–Kier alpha value is -4.08. The molecule has 1 aliphatic carbocycles. The number of hydrogen-bond acceptors (Lipinski definition) is 6. The molecule has 0 unspecified atom stereocenters. The zero-order chi connectivity index (χ0) is 23.4. The van der Waals surface area contributed by atoms with Gasteiger partial charge in [0.25, 0.3) is 0 Å². The smallest absolute Gasteiger partial charge is 0.432 e. The monoisotopic (exact) mass is 453 g/mol. The van der Waals surface area contributed by atoms with Crippen molar-refractivity contribution in [3.05, 3.63) is 70.7 Å². The summed E-state index contributed by atoms with van der Waals surface area (Å²) in [7, 11) is 1.52. The van der Waals surface area contributed by atoms with Crippen molar-refractivity contribution in [2.75, 3.05) is 25.1 Å². The normalized spacial score (nSPS) is 12.9. The SMILES string of the molecule is COc1cccc(N(CC(=O)O)CC(=O)N(Cc2c(=O)o[nH][n+]2-c2ccccc2)C2CC2)c1. The van der Waals surface area contributed by atoms with Gasteiger partial charge in [-0.05, 0) is 34.9 Å². The van der Waals surface area contributed by atoms with Crippen LogP contribution in [0.5, 0.6) is 5.75 Å². The lowest BCUT2D eigenvalue weighted by molar-refractivity contribution is -0.678. The number of rotatable bonds is 10. The molecule has 0 saturated heterocycles. The summed E-state index contributed by atoms with van der Waals surface area (Å²) in [5.41, 5.74) is 0.979. The van der Waals surface area contributed by atoms with Crippen LogP contribution >= 0.6 is 0 Å². The third-order valence-corrected chi connectivity index (χ3v) is 5.45. The van der Waals surface area contributed by atoms with Crippen LogP contribution in [0.3, 0.4) is 0 Å². The van der Waals surface area contributed by atoms with Crippen LogP contribution in [-0.2, 0) is 16.1 Å². The van der Waals surface area contributed by atoms with Crippen molar-refractivity contribution in [2.24, 2.45) is 0 Å². The van der Waals surface area contributed by atoms with E-state index in [0.29, 0.717) is 17.1 Å². The number of ether oxygens (including phenoxy) is 1. The van der Waals surface area contributed by atoms with Gasteiger partial charge in [0.15, 0.2) is 0 Å². The van der Waals surface area contributed by atoms with Crippen molar-refractivity contribution in [3.63, 3.8) is 0 Å². The first-order valence-electron chi connectivity index (χ1n) is 10.5. The molecule has 33 heavy (non-hydrogen) atoms. The Morgan fingerprint density at radius 3 is 2.58 bits per heavy atom. The Bertz CT molecular complexity index is 1180. The molecule has 0 spiro atoms. The highest BCUT2D eigenvalue weighted by Gasteiger charge is 2.37. The maximum Gasteiger partial charge on any atom is 0.432 e. The molecule has 1 aromatic heterocycles. The fourth-order valence-electron chi connectivity index (χ4n) is 3.64. The van der Waals surface area contributed by atoms with E-state index in [1.165, 1.54) is 16.7 Å². The first-order chi connectivity index (χ1) is 16.0. The number of nitrogens with one attached hydrogen (secondary N) is 1. The van der Waals surface area contributed by atoms with Gasteiger partial charge in [0.2, 0.25) is 11.6 Å². The minimum atomic E-state index is -1.06. The molecule has 172 valence electrons. The first-order valence-corrected chi connectivity index (χ1v) is 10.5. The first kappa shape index (κ1) is 22.1. The lowest BCUT2D eigenvalue weighted by atomic mass is 10.2. The number of amides is 1. The lowest BCUT2D eigenvalue weighted by Crippen LogP contribution is -2.47. The van der Waals surface area contributed by atoms with Crippen LogP contribution in [0.2, 0.25) is 0 Å². The summed E-state index contributed by atoms with van der Waals surface area (Å²) >= 11 is 0. The highest BCUT2D eigenvalue weighted by atomic mass is 16.5. The van der Waals surface area contributed by atoms with Gasteiger partial charge in [-0.2, -0.15) is 0 Å². The largest absolute Gasteiger partial charge is 0.497 e. The number of carbonyl (C=O) groups excluding carboxylic acids is 1. The number of aromatic nitrogens is 2. The topological polar surface area (TPSA) is 120 Å². The van der Waals surface area contributed by atoms with Gasteiger partial charge in [-0.15, -0.1) is 0 Å². The number of carboxylic acids is 1. The molecule has 1 heterocycles. The quantitative estimate of drug-likeness (QED) is 0.445. The van der Waals surface area contributed by atoms with E-state index in [2.05, 4.69) is 5.27 Å². The van der Waals surface area contributed by atoms with E-state index in [4.69, 9.17) is 9.26 Å². The molecule has 10 heteroatoms. The molecule has 1 amide bonds. The van der Waals surface area contributed by atoms with Crippen molar-refractivity contribution in [1.29, 1.82) is 0 Å². The van der Waals surface area contributed by atoms with E-state index in [0.717, 1.165) is 12.8 Å². The number of H-pyrrole nitrogens is 1. The van der Waals surface area contributed by atoms with E-state index in [1.54, 1.807) is 29.2 Å². The summed E-state index contributed by atoms with van der Waals surface area (Å²) in [4.78, 5) is 40.3. The molecule has 2 N–H and O–H groups in total. The number of carbonyl (C=O) groups is 2. The van der Waals surface area contributed by atoms with Crippen molar-refractivity contribution in [1.82, 2.24) is 10.2 Å². The third-order valence-electron chi connectivity index (χ3n) is 5.45. The van der Waals surface area contributed by atoms with Crippen LogP contribution < -0.4 is 19.9 Å². The number of aromatic amines is 1. The van der Waals surface area contributed by atoms with Gasteiger partial charge < -0.3 is 19.6 Å². The summed E-state index contributed by atoms with van der Waals surface area (Å²) < 4.78 is 11.7. The Morgan fingerprint density at radius 1 is 1.15 bits per heavy atom. The Labute approximate surface area is 189 Å². The van der Waals surface area contributed by atoms with Gasteiger partial charge in [-0.3, -0.25) is 14.1 Å². The van der Waals surface area contributed by atoms with Crippen LogP contribution in [0.4, 0.5) is 5.69 Å². The molecule has 2 aromatic carbocycles. The average Bonchev–Trinajstić information content (AvgIpc) is 3.59. The summed E-state index contributed by atoms with van der Waals surface area (Å²) in [6.07, 6.45) is 1.65. The Balaban J connectivity index is 1.58. The van der Waals surface area contributed by atoms with Crippen molar-refractivity contribution < 1.29 is 28.6 Å². The van der Waals surface area contributed by atoms with Gasteiger partial charge >= 0.3 is 17.3 Å². The molecule has 0 radical (unpaired) electrons. The molecule has 1 saturated carbocycles. The molecular formula is C23H25N4O6+. The second kappa shape index (κ2) is 9.60. The van der Waals surface area contributed by atoms with Crippen molar-refractivity contribution in [2.45, 2.75) is 25.4 Å². The van der Waals surface area contributed by atoms with Gasteiger partial charge in [0.05, 0.1) is 13.7 Å². The molecule has 0 bridgehead atoms. The highest BCUT2D eigenvalue weighted by molar-refractivity contribution is 5.84. The molecule has 1 aliphatic rings. The fourth-order valence-corrected chi connectivity index (χ4v) is 3.64. The van der Waals surface area contributed by atoms with Crippen LogP contribution in [0, 0.1) is 0 Å². The van der Waals surface area contributed by atoms with Crippen molar-refractivity contribution >= 4 is 17.6 Å². The van der Waals surface area contributed by atoms with Gasteiger partial charge in [-0.1, -0.05) is 24.3 Å². The zero-order valence-corrected chi connectivity index (χ0v) is 18.1. The minimum absolute atomic E-state index is 0.00647. The summed E-state index contributed by atoms with van der Waals surface area (Å²) in [6.45, 7) is -0.464. The number of anilines is 1. The maximum absolute atomic E-state index is 13.3.